The van der Waals surface area contributed by atoms with Crippen molar-refractivity contribution in [2.75, 3.05) is 7.05 Å². The second-order valence-corrected chi connectivity index (χ2v) is 9.74. The maximum atomic E-state index is 13.3. The predicted octanol–water partition coefficient (Wildman–Crippen LogP) is 3.08. The fraction of sp³-hybridized carbons (Fsp3) is 0.522. The molecular weight excluding hydrogens is 390 g/mol. The van der Waals surface area contributed by atoms with E-state index in [4.69, 9.17) is 0 Å². The van der Waals surface area contributed by atoms with Gasteiger partial charge in [0.15, 0.2) is 6.67 Å². The van der Waals surface area contributed by atoms with Crippen molar-refractivity contribution in [2.24, 2.45) is 17.8 Å². The van der Waals surface area contributed by atoms with E-state index in [0.717, 1.165) is 42.6 Å². The van der Waals surface area contributed by atoms with Crippen LogP contribution in [0.1, 0.15) is 49.0 Å². The molecule has 31 heavy (non-hydrogen) atoms. The molecule has 8 heteroatoms. The van der Waals surface area contributed by atoms with Gasteiger partial charge in [-0.3, -0.25) is 4.79 Å². The molecular formula is C23H27N7O. The van der Waals surface area contributed by atoms with Crippen LogP contribution in [0.4, 0.5) is 0 Å². The molecule has 2 aromatic heterocycles. The van der Waals surface area contributed by atoms with Crippen LogP contribution in [0.15, 0.2) is 42.6 Å². The van der Waals surface area contributed by atoms with Crippen LogP contribution in [0.3, 0.4) is 0 Å². The zero-order valence-corrected chi connectivity index (χ0v) is 17.8. The first-order chi connectivity index (χ1) is 15.1. The Morgan fingerprint density at radius 2 is 1.71 bits per heavy atom. The standard InChI is InChI=1S/C23H27N7O/c1-28(23-12-16-9-17(13-23)11-18(10-16)14-23)22(31)20-7-8-29(25-20)15-30-26-21(24-27-30)19-5-3-2-4-6-19/h2-8,16-18H,9-15H2,1H3. The summed E-state index contributed by atoms with van der Waals surface area (Å²) >= 11 is 0. The molecule has 0 N–H and O–H groups in total. The molecule has 4 fully saturated rings. The zero-order chi connectivity index (χ0) is 21.0. The first kappa shape index (κ1) is 18.7. The average Bonchev–Trinajstić information content (AvgIpc) is 3.43. The molecule has 0 radical (unpaired) electrons. The van der Waals surface area contributed by atoms with E-state index in [0.29, 0.717) is 18.2 Å². The van der Waals surface area contributed by atoms with Crippen molar-refractivity contribution in [2.45, 2.75) is 50.7 Å². The molecule has 4 aliphatic rings. The Balaban J connectivity index is 1.17. The number of carbonyl (C=O) groups is 1. The summed E-state index contributed by atoms with van der Waals surface area (Å²) in [6.45, 7) is 0.314. The molecule has 0 saturated heterocycles. The van der Waals surface area contributed by atoms with Gasteiger partial charge in [0.1, 0.15) is 5.69 Å². The Bertz CT molecular complexity index is 1070. The molecule has 0 atom stereocenters. The van der Waals surface area contributed by atoms with Gasteiger partial charge in [0, 0.05) is 24.3 Å². The number of hydrogen-bond donors (Lipinski definition) is 0. The van der Waals surface area contributed by atoms with E-state index in [-0.39, 0.29) is 11.4 Å². The van der Waals surface area contributed by atoms with Gasteiger partial charge in [-0.15, -0.1) is 15.0 Å². The lowest BCUT2D eigenvalue weighted by atomic mass is 9.52. The zero-order valence-electron chi connectivity index (χ0n) is 17.8. The number of rotatable bonds is 5. The van der Waals surface area contributed by atoms with Crippen molar-refractivity contribution in [3.8, 4) is 11.4 Å². The highest BCUT2D eigenvalue weighted by atomic mass is 16.2. The molecule has 0 spiro atoms. The largest absolute Gasteiger partial charge is 0.335 e. The fourth-order valence-electron chi connectivity index (χ4n) is 6.55. The van der Waals surface area contributed by atoms with Crippen molar-refractivity contribution < 1.29 is 4.79 Å². The minimum Gasteiger partial charge on any atom is -0.335 e. The van der Waals surface area contributed by atoms with Crippen LogP contribution < -0.4 is 0 Å². The monoisotopic (exact) mass is 417 g/mol. The molecule has 0 aliphatic heterocycles. The normalized spacial score (nSPS) is 28.7. The van der Waals surface area contributed by atoms with Crippen LogP contribution >= 0.6 is 0 Å². The van der Waals surface area contributed by atoms with Crippen molar-refractivity contribution in [1.29, 1.82) is 0 Å². The number of tetrazole rings is 1. The Kier molecular flexibility index (Phi) is 4.23. The van der Waals surface area contributed by atoms with E-state index >= 15 is 0 Å². The van der Waals surface area contributed by atoms with Crippen LogP contribution in [0.2, 0.25) is 0 Å². The Labute approximate surface area is 181 Å². The van der Waals surface area contributed by atoms with Gasteiger partial charge in [0.25, 0.3) is 5.91 Å². The van der Waals surface area contributed by atoms with E-state index in [9.17, 15) is 4.79 Å². The summed E-state index contributed by atoms with van der Waals surface area (Å²) in [7, 11) is 1.99. The first-order valence-corrected chi connectivity index (χ1v) is 11.2. The Hall–Kier alpha value is -3.03. The molecule has 4 saturated carbocycles. The molecule has 3 aromatic rings. The van der Waals surface area contributed by atoms with Gasteiger partial charge in [-0.25, -0.2) is 4.68 Å². The third-order valence-electron chi connectivity index (χ3n) is 7.64. The lowest BCUT2D eigenvalue weighted by Crippen LogP contribution is -2.60. The highest BCUT2D eigenvalue weighted by Crippen LogP contribution is 2.57. The molecule has 160 valence electrons. The smallest absolute Gasteiger partial charge is 0.274 e. The number of benzene rings is 1. The Morgan fingerprint density at radius 3 is 2.39 bits per heavy atom. The summed E-state index contributed by atoms with van der Waals surface area (Å²) in [5.74, 6) is 3.01. The van der Waals surface area contributed by atoms with E-state index in [1.807, 2.05) is 48.5 Å². The average molecular weight is 418 g/mol. The summed E-state index contributed by atoms with van der Waals surface area (Å²) in [6, 6.07) is 11.5. The summed E-state index contributed by atoms with van der Waals surface area (Å²) in [6.07, 6.45) is 9.39. The SMILES string of the molecule is CN(C(=O)c1ccn(Cn2nnc(-c3ccccc3)n2)n1)C12CC3CC(CC(C3)C1)C2. The van der Waals surface area contributed by atoms with E-state index < -0.39 is 0 Å². The summed E-state index contributed by atoms with van der Waals surface area (Å²) < 4.78 is 1.69. The predicted molar refractivity (Wildman–Crippen MR) is 114 cm³/mol. The molecule has 2 heterocycles. The number of aromatic nitrogens is 6. The van der Waals surface area contributed by atoms with E-state index in [2.05, 4.69) is 20.5 Å². The van der Waals surface area contributed by atoms with Crippen molar-refractivity contribution in [3.05, 3.63) is 48.3 Å². The van der Waals surface area contributed by atoms with Gasteiger partial charge in [0.2, 0.25) is 5.82 Å². The van der Waals surface area contributed by atoms with Gasteiger partial charge >= 0.3 is 0 Å². The maximum absolute atomic E-state index is 13.3. The van der Waals surface area contributed by atoms with Crippen molar-refractivity contribution in [3.63, 3.8) is 0 Å². The van der Waals surface area contributed by atoms with Crippen LogP contribution in [-0.4, -0.2) is 53.4 Å². The summed E-state index contributed by atoms with van der Waals surface area (Å²) in [5.41, 5.74) is 1.44. The number of amides is 1. The second kappa shape index (κ2) is 7.00. The summed E-state index contributed by atoms with van der Waals surface area (Å²) in [4.78, 5) is 16.8. The minimum atomic E-state index is 0.0252. The first-order valence-electron chi connectivity index (χ1n) is 11.2. The molecule has 8 nitrogen and oxygen atoms in total. The molecule has 0 unspecified atom stereocenters. The number of hydrogen-bond acceptors (Lipinski definition) is 5. The van der Waals surface area contributed by atoms with Crippen LogP contribution in [0, 0.1) is 17.8 Å². The molecule has 1 amide bonds. The lowest BCUT2D eigenvalue weighted by molar-refractivity contribution is -0.0667. The third-order valence-corrected chi connectivity index (χ3v) is 7.64. The number of carbonyl (C=O) groups excluding carboxylic acids is 1. The van der Waals surface area contributed by atoms with Crippen molar-refractivity contribution >= 4 is 5.91 Å². The molecule has 7 rings (SSSR count). The fourth-order valence-corrected chi connectivity index (χ4v) is 6.55. The maximum Gasteiger partial charge on any atom is 0.274 e. The highest BCUT2D eigenvalue weighted by Gasteiger charge is 2.54. The van der Waals surface area contributed by atoms with E-state index in [1.54, 1.807) is 10.7 Å². The topological polar surface area (TPSA) is 81.7 Å². The lowest BCUT2D eigenvalue weighted by Gasteiger charge is -2.59. The van der Waals surface area contributed by atoms with Crippen LogP contribution in [0.25, 0.3) is 11.4 Å². The highest BCUT2D eigenvalue weighted by molar-refractivity contribution is 5.92. The molecule has 1 aromatic carbocycles. The molecule has 4 bridgehead atoms. The van der Waals surface area contributed by atoms with Crippen LogP contribution in [0.5, 0.6) is 0 Å². The van der Waals surface area contributed by atoms with Crippen LogP contribution in [-0.2, 0) is 6.67 Å². The van der Waals surface area contributed by atoms with Gasteiger partial charge in [-0.05, 0) is 67.6 Å². The quantitative estimate of drug-likeness (QED) is 0.637. The van der Waals surface area contributed by atoms with Gasteiger partial charge in [0.05, 0.1) is 0 Å². The van der Waals surface area contributed by atoms with Gasteiger partial charge in [-0.1, -0.05) is 30.3 Å². The Morgan fingerprint density at radius 1 is 1.03 bits per heavy atom. The van der Waals surface area contributed by atoms with E-state index in [1.165, 1.54) is 24.1 Å². The van der Waals surface area contributed by atoms with Gasteiger partial charge < -0.3 is 4.90 Å². The molecule has 4 aliphatic carbocycles. The van der Waals surface area contributed by atoms with Gasteiger partial charge in [-0.2, -0.15) is 5.10 Å². The minimum absolute atomic E-state index is 0.0252. The third kappa shape index (κ3) is 3.25. The van der Waals surface area contributed by atoms with Crippen molar-refractivity contribution in [1.82, 2.24) is 34.9 Å². The second-order valence-electron chi connectivity index (χ2n) is 9.74. The summed E-state index contributed by atoms with van der Waals surface area (Å²) in [5, 5.41) is 17.2. The number of nitrogens with zero attached hydrogens (tertiary/aromatic N) is 7.